The van der Waals surface area contributed by atoms with Crippen molar-refractivity contribution < 1.29 is 0 Å². The number of aliphatic imine (C=N–C) groups is 1. The third-order valence-electron chi connectivity index (χ3n) is 3.05. The summed E-state index contributed by atoms with van der Waals surface area (Å²) in [5.41, 5.74) is 1.33. The fraction of sp³-hybridized carbons (Fsp3) is 0.923. The Hall–Kier alpha value is 0.150. The van der Waals surface area contributed by atoms with Crippen LogP contribution >= 0.6 is 15.9 Å². The van der Waals surface area contributed by atoms with E-state index in [1.807, 2.05) is 0 Å². The first-order chi connectivity index (χ1) is 6.91. The number of halogens is 1. The highest BCUT2D eigenvalue weighted by Gasteiger charge is 2.25. The van der Waals surface area contributed by atoms with Crippen LogP contribution in [0.3, 0.4) is 0 Å². The lowest BCUT2D eigenvalue weighted by molar-refractivity contribution is 0.440. The molecule has 1 rings (SSSR count). The van der Waals surface area contributed by atoms with Crippen LogP contribution in [0.15, 0.2) is 4.99 Å². The summed E-state index contributed by atoms with van der Waals surface area (Å²) in [6.45, 7) is 8.89. The minimum atomic E-state index is 0.0542. The summed E-state index contributed by atoms with van der Waals surface area (Å²) in [7, 11) is 0. The average Bonchev–Trinajstić information content (AvgIpc) is 2.13. The zero-order valence-corrected chi connectivity index (χ0v) is 12.1. The van der Waals surface area contributed by atoms with Crippen molar-refractivity contribution in [1.29, 1.82) is 0 Å². The molecule has 88 valence electrons. The zero-order chi connectivity index (χ0) is 11.5. The summed E-state index contributed by atoms with van der Waals surface area (Å²) in [6, 6.07) is 0.591. The molecule has 0 aromatic rings. The van der Waals surface area contributed by atoms with Crippen molar-refractivity contribution >= 4 is 21.6 Å². The molecule has 0 radical (unpaired) electrons. The van der Waals surface area contributed by atoms with Crippen molar-refractivity contribution in [1.82, 2.24) is 0 Å². The topological polar surface area (TPSA) is 12.4 Å². The molecule has 0 saturated heterocycles. The van der Waals surface area contributed by atoms with Gasteiger partial charge in [0.2, 0.25) is 0 Å². The molecule has 0 aliphatic heterocycles. The lowest BCUT2D eigenvalue weighted by Crippen LogP contribution is -2.31. The van der Waals surface area contributed by atoms with E-state index in [1.165, 1.54) is 37.8 Å². The highest BCUT2D eigenvalue weighted by atomic mass is 79.9. The predicted octanol–water partition coefficient (Wildman–Crippen LogP) is 4.59. The Morgan fingerprint density at radius 2 is 1.73 bits per heavy atom. The van der Waals surface area contributed by atoms with Gasteiger partial charge in [0.15, 0.2) is 0 Å². The number of hydrogen-bond donors (Lipinski definition) is 0. The number of hydrogen-bond acceptors (Lipinski definition) is 1. The van der Waals surface area contributed by atoms with Gasteiger partial charge in [0, 0.05) is 11.8 Å². The Bertz CT molecular complexity index is 219. The molecule has 2 heteroatoms. The molecule has 0 aromatic carbocycles. The summed E-state index contributed by atoms with van der Waals surface area (Å²) in [5.74, 6) is 0.543. The Balaban J connectivity index is 2.74. The first kappa shape index (κ1) is 13.2. The van der Waals surface area contributed by atoms with Gasteiger partial charge in [-0.3, -0.25) is 4.99 Å². The Labute approximate surface area is 103 Å². The largest absolute Gasteiger partial charge is 0.289 e. The van der Waals surface area contributed by atoms with Gasteiger partial charge >= 0.3 is 0 Å². The lowest BCUT2D eigenvalue weighted by atomic mass is 9.93. The minimum Gasteiger partial charge on any atom is -0.289 e. The zero-order valence-electron chi connectivity index (χ0n) is 10.5. The smallest absolute Gasteiger partial charge is 0.0581 e. The maximum absolute atomic E-state index is 4.98. The fourth-order valence-electron chi connectivity index (χ4n) is 2.40. The SMILES string of the molecule is CC(C)C(=NC1CCCCC1)C(C)(C)Br. The van der Waals surface area contributed by atoms with Crippen LogP contribution in [-0.4, -0.2) is 16.1 Å². The van der Waals surface area contributed by atoms with Crippen LogP contribution in [0.2, 0.25) is 0 Å². The molecule has 0 atom stereocenters. The van der Waals surface area contributed by atoms with Gasteiger partial charge in [0.05, 0.1) is 4.32 Å². The molecule has 1 fully saturated rings. The highest BCUT2D eigenvalue weighted by molar-refractivity contribution is 9.10. The van der Waals surface area contributed by atoms with Gasteiger partial charge in [-0.25, -0.2) is 0 Å². The number of rotatable bonds is 3. The van der Waals surface area contributed by atoms with Crippen LogP contribution < -0.4 is 0 Å². The van der Waals surface area contributed by atoms with Crippen molar-refractivity contribution in [3.63, 3.8) is 0 Å². The molecule has 0 unspecified atom stereocenters. The average molecular weight is 274 g/mol. The quantitative estimate of drug-likeness (QED) is 0.527. The highest BCUT2D eigenvalue weighted by Crippen LogP contribution is 2.27. The van der Waals surface area contributed by atoms with Crippen molar-refractivity contribution in [3.05, 3.63) is 0 Å². The Kier molecular flexibility index (Phi) is 4.82. The van der Waals surface area contributed by atoms with Gasteiger partial charge in [-0.2, -0.15) is 0 Å². The third-order valence-corrected chi connectivity index (χ3v) is 3.46. The molecule has 1 nitrogen and oxygen atoms in total. The van der Waals surface area contributed by atoms with Gasteiger partial charge in [0.1, 0.15) is 0 Å². The van der Waals surface area contributed by atoms with Crippen LogP contribution in [0, 0.1) is 5.92 Å². The molecule has 1 aliphatic rings. The molecule has 0 N–H and O–H groups in total. The fourth-order valence-corrected chi connectivity index (χ4v) is 2.96. The van der Waals surface area contributed by atoms with Crippen LogP contribution in [0.5, 0.6) is 0 Å². The Morgan fingerprint density at radius 3 is 2.13 bits per heavy atom. The number of nitrogens with zero attached hydrogens (tertiary/aromatic N) is 1. The van der Waals surface area contributed by atoms with Crippen LogP contribution in [-0.2, 0) is 0 Å². The van der Waals surface area contributed by atoms with E-state index in [-0.39, 0.29) is 4.32 Å². The molecule has 15 heavy (non-hydrogen) atoms. The van der Waals surface area contributed by atoms with E-state index in [1.54, 1.807) is 0 Å². The first-order valence-corrected chi connectivity index (χ1v) is 6.97. The second kappa shape index (κ2) is 5.47. The molecule has 0 heterocycles. The molecule has 0 bridgehead atoms. The van der Waals surface area contributed by atoms with Gasteiger partial charge < -0.3 is 0 Å². The van der Waals surface area contributed by atoms with Crippen molar-refractivity contribution in [2.75, 3.05) is 0 Å². The summed E-state index contributed by atoms with van der Waals surface area (Å²) in [4.78, 5) is 4.98. The molecular weight excluding hydrogens is 250 g/mol. The van der Waals surface area contributed by atoms with E-state index in [9.17, 15) is 0 Å². The lowest BCUT2D eigenvalue weighted by Gasteiger charge is -2.27. The van der Waals surface area contributed by atoms with Crippen molar-refractivity contribution in [2.45, 2.75) is 70.2 Å². The van der Waals surface area contributed by atoms with Crippen LogP contribution in [0.25, 0.3) is 0 Å². The van der Waals surface area contributed by atoms with Crippen LogP contribution in [0.1, 0.15) is 59.8 Å². The minimum absolute atomic E-state index is 0.0542. The van der Waals surface area contributed by atoms with Gasteiger partial charge in [-0.05, 0) is 32.6 Å². The van der Waals surface area contributed by atoms with Gasteiger partial charge in [-0.1, -0.05) is 49.0 Å². The van der Waals surface area contributed by atoms with Crippen molar-refractivity contribution in [2.24, 2.45) is 10.9 Å². The van der Waals surface area contributed by atoms with Crippen LogP contribution in [0.4, 0.5) is 0 Å². The molecule has 0 amide bonds. The monoisotopic (exact) mass is 273 g/mol. The maximum Gasteiger partial charge on any atom is 0.0581 e. The van der Waals surface area contributed by atoms with Gasteiger partial charge in [0.25, 0.3) is 0 Å². The van der Waals surface area contributed by atoms with E-state index < -0.39 is 0 Å². The van der Waals surface area contributed by atoms with E-state index in [0.29, 0.717) is 12.0 Å². The molecule has 1 saturated carbocycles. The van der Waals surface area contributed by atoms with E-state index in [0.717, 1.165) is 0 Å². The Morgan fingerprint density at radius 1 is 1.20 bits per heavy atom. The summed E-state index contributed by atoms with van der Waals surface area (Å²) in [5, 5.41) is 0. The second-order valence-corrected chi connectivity index (χ2v) is 7.42. The van der Waals surface area contributed by atoms with E-state index in [2.05, 4.69) is 43.6 Å². The first-order valence-electron chi connectivity index (χ1n) is 6.18. The molecule has 0 spiro atoms. The summed E-state index contributed by atoms with van der Waals surface area (Å²) < 4.78 is 0.0542. The predicted molar refractivity (Wildman–Crippen MR) is 72.2 cm³/mol. The van der Waals surface area contributed by atoms with E-state index >= 15 is 0 Å². The molecule has 0 aromatic heterocycles. The van der Waals surface area contributed by atoms with Crippen molar-refractivity contribution in [3.8, 4) is 0 Å². The third kappa shape index (κ3) is 4.26. The normalized spacial score (nSPS) is 21.1. The molecule has 1 aliphatic carbocycles. The second-order valence-electron chi connectivity index (χ2n) is 5.43. The maximum atomic E-state index is 4.98. The molecular formula is C13H24BrN. The number of alkyl halides is 1. The van der Waals surface area contributed by atoms with Gasteiger partial charge in [-0.15, -0.1) is 0 Å². The standard InChI is InChI=1S/C13H24BrN/c1-10(2)12(13(3,4)14)15-11-8-6-5-7-9-11/h10-11H,5-9H2,1-4H3. The summed E-state index contributed by atoms with van der Waals surface area (Å²) in [6.07, 6.45) is 6.71. The van der Waals surface area contributed by atoms with E-state index in [4.69, 9.17) is 4.99 Å². The summed E-state index contributed by atoms with van der Waals surface area (Å²) >= 11 is 3.74.